The third-order valence-corrected chi connectivity index (χ3v) is 2.73. The highest BCUT2D eigenvalue weighted by Crippen LogP contribution is 2.09. The van der Waals surface area contributed by atoms with Gasteiger partial charge in [0.05, 0.1) is 12.2 Å². The van der Waals surface area contributed by atoms with Gasteiger partial charge in [-0.25, -0.2) is 9.97 Å². The van der Waals surface area contributed by atoms with E-state index in [1.807, 2.05) is 20.8 Å². The van der Waals surface area contributed by atoms with Crippen LogP contribution in [0.15, 0.2) is 21.6 Å². The Kier molecular flexibility index (Phi) is 3.45. The van der Waals surface area contributed by atoms with E-state index in [1.54, 1.807) is 17.0 Å². The van der Waals surface area contributed by atoms with Crippen LogP contribution >= 0.6 is 0 Å². The molecule has 18 heavy (non-hydrogen) atoms. The zero-order valence-corrected chi connectivity index (χ0v) is 10.7. The molecule has 1 N–H and O–H groups in total. The molecule has 6 heteroatoms. The summed E-state index contributed by atoms with van der Waals surface area (Å²) in [4.78, 5) is 20.1. The summed E-state index contributed by atoms with van der Waals surface area (Å²) in [7, 11) is 0. The summed E-state index contributed by atoms with van der Waals surface area (Å²) in [5.74, 6) is 1.66. The number of nitrogens with one attached hydrogen (secondary N) is 1. The molecule has 0 aliphatic rings. The molecule has 96 valence electrons. The summed E-state index contributed by atoms with van der Waals surface area (Å²) in [5, 5.41) is 2.94. The molecule has 0 amide bonds. The maximum absolute atomic E-state index is 11.9. The van der Waals surface area contributed by atoms with Crippen LogP contribution in [0, 0.1) is 13.8 Å². The van der Waals surface area contributed by atoms with Crippen LogP contribution in [-0.4, -0.2) is 14.5 Å². The smallest absolute Gasteiger partial charge is 0.293 e. The van der Waals surface area contributed by atoms with Crippen molar-refractivity contribution in [2.24, 2.45) is 0 Å². The van der Waals surface area contributed by atoms with Crippen molar-refractivity contribution in [3.8, 4) is 0 Å². The van der Waals surface area contributed by atoms with Crippen LogP contribution in [0.3, 0.4) is 0 Å². The average molecular weight is 248 g/mol. The second-order valence-corrected chi connectivity index (χ2v) is 3.97. The second kappa shape index (κ2) is 5.03. The first-order chi connectivity index (χ1) is 8.61. The highest BCUT2D eigenvalue weighted by atomic mass is 16.4. The summed E-state index contributed by atoms with van der Waals surface area (Å²) in [6.45, 7) is 6.62. The molecule has 0 spiro atoms. The molecule has 0 fully saturated rings. The summed E-state index contributed by atoms with van der Waals surface area (Å²) in [5.41, 5.74) is 0.721. The fourth-order valence-corrected chi connectivity index (χ4v) is 1.59. The molecule has 0 unspecified atom stereocenters. The Labute approximate surface area is 105 Å². The SMILES string of the molecule is CCn1ccnc(NCc2nc(C)c(C)o2)c1=O. The normalized spacial score (nSPS) is 10.6. The molecule has 2 aromatic heterocycles. The Balaban J connectivity index is 2.13. The molecule has 0 radical (unpaired) electrons. The molecule has 0 aliphatic heterocycles. The minimum Gasteiger partial charge on any atom is -0.444 e. The van der Waals surface area contributed by atoms with Crippen LogP contribution in [0.25, 0.3) is 0 Å². The van der Waals surface area contributed by atoms with Gasteiger partial charge in [-0.2, -0.15) is 0 Å². The van der Waals surface area contributed by atoms with Crippen molar-refractivity contribution >= 4 is 5.82 Å². The van der Waals surface area contributed by atoms with Crippen molar-refractivity contribution in [3.05, 3.63) is 40.1 Å². The Hall–Kier alpha value is -2.11. The first-order valence-electron chi connectivity index (χ1n) is 5.84. The molecular weight excluding hydrogens is 232 g/mol. The van der Waals surface area contributed by atoms with Gasteiger partial charge < -0.3 is 14.3 Å². The van der Waals surface area contributed by atoms with Gasteiger partial charge in [-0.05, 0) is 20.8 Å². The summed E-state index contributed by atoms with van der Waals surface area (Å²) < 4.78 is 7.01. The average Bonchev–Trinajstić information content (AvgIpc) is 2.67. The number of aryl methyl sites for hydroxylation is 3. The summed E-state index contributed by atoms with van der Waals surface area (Å²) in [6.07, 6.45) is 3.26. The van der Waals surface area contributed by atoms with Gasteiger partial charge in [-0.15, -0.1) is 0 Å². The zero-order valence-electron chi connectivity index (χ0n) is 10.7. The number of hydrogen-bond donors (Lipinski definition) is 1. The quantitative estimate of drug-likeness (QED) is 0.887. The van der Waals surface area contributed by atoms with Crippen LogP contribution in [0.2, 0.25) is 0 Å². The Morgan fingerprint density at radius 2 is 2.22 bits per heavy atom. The molecule has 0 saturated heterocycles. The van der Waals surface area contributed by atoms with E-state index in [4.69, 9.17) is 4.42 Å². The van der Waals surface area contributed by atoms with Gasteiger partial charge in [0.1, 0.15) is 5.76 Å². The van der Waals surface area contributed by atoms with E-state index in [2.05, 4.69) is 15.3 Å². The first-order valence-corrected chi connectivity index (χ1v) is 5.84. The lowest BCUT2D eigenvalue weighted by Crippen LogP contribution is -2.23. The van der Waals surface area contributed by atoms with Gasteiger partial charge in [0.25, 0.3) is 5.56 Å². The van der Waals surface area contributed by atoms with E-state index in [0.717, 1.165) is 11.5 Å². The van der Waals surface area contributed by atoms with Crippen LogP contribution in [0.5, 0.6) is 0 Å². The van der Waals surface area contributed by atoms with Crippen molar-refractivity contribution < 1.29 is 4.42 Å². The molecule has 2 aromatic rings. The minimum atomic E-state index is -0.139. The molecule has 0 aromatic carbocycles. The topological polar surface area (TPSA) is 73.0 Å². The molecular formula is C12H16N4O2. The predicted molar refractivity (Wildman–Crippen MR) is 67.5 cm³/mol. The standard InChI is InChI=1S/C12H16N4O2/c1-4-16-6-5-13-11(12(16)17)14-7-10-15-8(2)9(3)18-10/h5-6H,4,7H2,1-3H3,(H,13,14). The number of rotatable bonds is 4. The number of nitrogens with zero attached hydrogens (tertiary/aromatic N) is 3. The Bertz CT molecular complexity index is 581. The van der Waals surface area contributed by atoms with Crippen molar-refractivity contribution in [1.29, 1.82) is 0 Å². The maximum Gasteiger partial charge on any atom is 0.293 e. The largest absolute Gasteiger partial charge is 0.444 e. The van der Waals surface area contributed by atoms with Gasteiger partial charge >= 0.3 is 0 Å². The monoisotopic (exact) mass is 248 g/mol. The zero-order chi connectivity index (χ0) is 13.1. The van der Waals surface area contributed by atoms with Gasteiger partial charge in [-0.1, -0.05) is 0 Å². The van der Waals surface area contributed by atoms with E-state index >= 15 is 0 Å². The second-order valence-electron chi connectivity index (χ2n) is 3.97. The van der Waals surface area contributed by atoms with Crippen LogP contribution in [-0.2, 0) is 13.1 Å². The van der Waals surface area contributed by atoms with Crippen LogP contribution < -0.4 is 10.9 Å². The van der Waals surface area contributed by atoms with Crippen LogP contribution in [0.4, 0.5) is 5.82 Å². The third-order valence-electron chi connectivity index (χ3n) is 2.73. The number of anilines is 1. The maximum atomic E-state index is 11.9. The highest BCUT2D eigenvalue weighted by Gasteiger charge is 2.07. The van der Waals surface area contributed by atoms with Gasteiger partial charge in [0, 0.05) is 18.9 Å². The summed E-state index contributed by atoms with van der Waals surface area (Å²) in [6, 6.07) is 0. The van der Waals surface area contributed by atoms with Crippen molar-refractivity contribution in [1.82, 2.24) is 14.5 Å². The fourth-order valence-electron chi connectivity index (χ4n) is 1.59. The number of aromatic nitrogens is 3. The molecule has 0 bridgehead atoms. The lowest BCUT2D eigenvalue weighted by Gasteiger charge is -2.05. The lowest BCUT2D eigenvalue weighted by molar-refractivity contribution is 0.478. The Morgan fingerprint density at radius 3 is 2.83 bits per heavy atom. The van der Waals surface area contributed by atoms with E-state index < -0.39 is 0 Å². The van der Waals surface area contributed by atoms with Gasteiger partial charge in [-0.3, -0.25) is 4.79 Å². The molecule has 2 heterocycles. The van der Waals surface area contributed by atoms with Gasteiger partial charge in [0.15, 0.2) is 5.82 Å². The van der Waals surface area contributed by atoms with Crippen LogP contribution in [0.1, 0.15) is 24.3 Å². The lowest BCUT2D eigenvalue weighted by atomic mass is 10.4. The van der Waals surface area contributed by atoms with E-state index in [1.165, 1.54) is 0 Å². The van der Waals surface area contributed by atoms with Crippen molar-refractivity contribution in [2.45, 2.75) is 33.9 Å². The molecule has 0 saturated carbocycles. The summed E-state index contributed by atoms with van der Waals surface area (Å²) >= 11 is 0. The third kappa shape index (κ3) is 2.42. The highest BCUT2D eigenvalue weighted by molar-refractivity contribution is 5.30. The van der Waals surface area contributed by atoms with Crippen molar-refractivity contribution in [2.75, 3.05) is 5.32 Å². The molecule has 2 rings (SSSR count). The van der Waals surface area contributed by atoms with Crippen molar-refractivity contribution in [3.63, 3.8) is 0 Å². The fraction of sp³-hybridized carbons (Fsp3) is 0.417. The molecule has 6 nitrogen and oxygen atoms in total. The molecule has 0 aliphatic carbocycles. The minimum absolute atomic E-state index is 0.139. The predicted octanol–water partition coefficient (Wildman–Crippen LogP) is 1.48. The van der Waals surface area contributed by atoms with Gasteiger partial charge in [0.2, 0.25) is 5.89 Å². The van der Waals surface area contributed by atoms with E-state index in [0.29, 0.717) is 24.8 Å². The Morgan fingerprint density at radius 1 is 1.44 bits per heavy atom. The van der Waals surface area contributed by atoms with E-state index in [9.17, 15) is 4.79 Å². The first kappa shape index (κ1) is 12.3. The van der Waals surface area contributed by atoms with E-state index in [-0.39, 0.29) is 5.56 Å². The molecule has 0 atom stereocenters. The number of hydrogen-bond acceptors (Lipinski definition) is 5. The number of oxazole rings is 1.